The van der Waals surface area contributed by atoms with Crippen molar-refractivity contribution >= 4 is 5.78 Å². The molecule has 0 saturated carbocycles. The van der Waals surface area contributed by atoms with E-state index in [1.165, 1.54) is 12.1 Å². The second-order valence-electron chi connectivity index (χ2n) is 8.33. The van der Waals surface area contributed by atoms with Gasteiger partial charge in [-0.25, -0.2) is 0 Å². The van der Waals surface area contributed by atoms with Gasteiger partial charge in [0.05, 0.1) is 12.2 Å². The van der Waals surface area contributed by atoms with Crippen LogP contribution in [-0.4, -0.2) is 26.2 Å². The van der Waals surface area contributed by atoms with Gasteiger partial charge in [0, 0.05) is 23.6 Å². The molecule has 0 aliphatic carbocycles. The molecule has 0 fully saturated rings. The Hall–Kier alpha value is -3.41. The van der Waals surface area contributed by atoms with Crippen LogP contribution in [0.25, 0.3) is 0 Å². The fourth-order valence-corrected chi connectivity index (χ4v) is 3.52. The van der Waals surface area contributed by atoms with Gasteiger partial charge in [-0.15, -0.1) is 0 Å². The molecule has 0 saturated heterocycles. The maximum atomic E-state index is 12.9. The van der Waals surface area contributed by atoms with Crippen molar-refractivity contribution in [1.29, 1.82) is 0 Å². The number of aliphatic hydroxyl groups excluding tert-OH is 1. The second kappa shape index (κ2) is 8.76. The lowest BCUT2D eigenvalue weighted by Gasteiger charge is -2.28. The molecule has 1 aliphatic rings. The molecule has 2 aromatic rings. The summed E-state index contributed by atoms with van der Waals surface area (Å²) in [5.74, 6) is -0.350. The molecule has 1 aliphatic heterocycles. The van der Waals surface area contributed by atoms with E-state index >= 15 is 0 Å². The van der Waals surface area contributed by atoms with E-state index < -0.39 is 6.10 Å². The van der Waals surface area contributed by atoms with E-state index in [9.17, 15) is 25.2 Å². The van der Waals surface area contributed by atoms with E-state index in [0.717, 1.165) is 11.1 Å². The molecule has 1 atom stereocenters. The minimum Gasteiger partial charge on any atom is -0.512 e. The number of aliphatic hydroxyl groups is 1. The Labute approximate surface area is 181 Å². The number of carbonyl (C=O) groups is 1. The lowest BCUT2D eigenvalue weighted by atomic mass is 9.91. The summed E-state index contributed by atoms with van der Waals surface area (Å²) < 4.78 is 6.13. The van der Waals surface area contributed by atoms with Crippen LogP contribution in [-0.2, 0) is 12.8 Å². The predicted molar refractivity (Wildman–Crippen MR) is 118 cm³/mol. The number of ether oxygens (including phenoxy) is 1. The smallest absolute Gasteiger partial charge is 0.174 e. The molecule has 4 N–H and O–H groups in total. The van der Waals surface area contributed by atoms with Gasteiger partial charge in [-0.2, -0.15) is 0 Å². The van der Waals surface area contributed by atoms with E-state index in [2.05, 4.69) is 0 Å². The van der Waals surface area contributed by atoms with Crippen molar-refractivity contribution in [1.82, 2.24) is 0 Å². The molecule has 2 aromatic carbocycles. The van der Waals surface area contributed by atoms with Gasteiger partial charge in [0.1, 0.15) is 34.7 Å². The van der Waals surface area contributed by atoms with E-state index in [1.54, 1.807) is 26.0 Å². The zero-order valence-electron chi connectivity index (χ0n) is 18.2. The third-order valence-corrected chi connectivity index (χ3v) is 5.37. The van der Waals surface area contributed by atoms with Gasteiger partial charge in [-0.3, -0.25) is 4.79 Å². The van der Waals surface area contributed by atoms with Crippen LogP contribution in [0.2, 0.25) is 0 Å². The Morgan fingerprint density at radius 3 is 2.42 bits per heavy atom. The molecule has 3 rings (SSSR count). The molecule has 0 unspecified atom stereocenters. The van der Waals surface area contributed by atoms with Crippen molar-refractivity contribution in [3.63, 3.8) is 0 Å². The van der Waals surface area contributed by atoms with Crippen LogP contribution in [0.3, 0.4) is 0 Å². The molecular formula is C25H28O6. The Balaban J connectivity index is 2.03. The summed E-state index contributed by atoms with van der Waals surface area (Å²) in [5, 5.41) is 40.9. The normalized spacial score (nSPS) is 15.1. The number of phenols is 3. The van der Waals surface area contributed by atoms with Gasteiger partial charge in [0.15, 0.2) is 5.78 Å². The van der Waals surface area contributed by atoms with Crippen LogP contribution in [0.1, 0.15) is 67.3 Å². The first-order valence-electron chi connectivity index (χ1n) is 10.2. The molecule has 0 aromatic heterocycles. The van der Waals surface area contributed by atoms with Crippen molar-refractivity contribution in [3.05, 3.63) is 69.5 Å². The SMILES string of the molecule is CC(C)=CCc1c(O)cc(O)c2c1O[C@H](c1ccc(O)c(CC(O)=C(C)C)c1)CC2=O. The van der Waals surface area contributed by atoms with Gasteiger partial charge in [-0.05, 0) is 57.4 Å². The fourth-order valence-electron chi connectivity index (χ4n) is 3.52. The number of hydrogen-bond acceptors (Lipinski definition) is 6. The molecular weight excluding hydrogens is 396 g/mol. The number of ketones is 1. The van der Waals surface area contributed by atoms with Crippen molar-refractivity contribution in [3.8, 4) is 23.0 Å². The highest BCUT2D eigenvalue weighted by atomic mass is 16.5. The average molecular weight is 424 g/mol. The molecule has 164 valence electrons. The Morgan fingerprint density at radius 1 is 1.06 bits per heavy atom. The van der Waals surface area contributed by atoms with Crippen molar-refractivity contribution in [2.75, 3.05) is 0 Å². The zero-order valence-corrected chi connectivity index (χ0v) is 18.2. The molecule has 1 heterocycles. The maximum Gasteiger partial charge on any atom is 0.174 e. The molecule has 0 amide bonds. The van der Waals surface area contributed by atoms with Gasteiger partial charge in [0.25, 0.3) is 0 Å². The van der Waals surface area contributed by atoms with Gasteiger partial charge in [0.2, 0.25) is 0 Å². The van der Waals surface area contributed by atoms with Crippen LogP contribution in [0, 0.1) is 0 Å². The summed E-state index contributed by atoms with van der Waals surface area (Å²) in [6.07, 6.45) is 1.77. The quantitative estimate of drug-likeness (QED) is 0.377. The first kappa shape index (κ1) is 22.3. The predicted octanol–water partition coefficient (Wildman–Crippen LogP) is 5.41. The standard InChI is InChI=1S/C25H28O6/c1-13(2)5-7-17-20(28)11-21(29)24-22(30)12-23(31-25(17)24)15-6-8-18(26)16(9-15)10-19(27)14(3)4/h5-6,8-9,11,23,26-29H,7,10,12H2,1-4H3/t23-/m0/s1. The summed E-state index contributed by atoms with van der Waals surface area (Å²) in [4.78, 5) is 12.9. The molecule has 0 radical (unpaired) electrons. The molecule has 6 nitrogen and oxygen atoms in total. The summed E-state index contributed by atoms with van der Waals surface area (Å²) in [7, 11) is 0. The largest absolute Gasteiger partial charge is 0.512 e. The molecule has 0 spiro atoms. The fraction of sp³-hybridized carbons (Fsp3) is 0.320. The van der Waals surface area contributed by atoms with Crippen LogP contribution in [0.15, 0.2) is 47.2 Å². The Bertz CT molecular complexity index is 1090. The monoisotopic (exact) mass is 424 g/mol. The van der Waals surface area contributed by atoms with Crippen molar-refractivity contribution < 1.29 is 30.0 Å². The number of Topliss-reactive ketones (excluding diaryl/α,β-unsaturated/α-hetero) is 1. The number of benzene rings is 2. The highest BCUT2D eigenvalue weighted by molar-refractivity contribution is 6.03. The Morgan fingerprint density at radius 2 is 1.77 bits per heavy atom. The minimum absolute atomic E-state index is 0.00621. The van der Waals surface area contributed by atoms with Crippen molar-refractivity contribution in [2.24, 2.45) is 0 Å². The van der Waals surface area contributed by atoms with E-state index in [4.69, 9.17) is 4.74 Å². The summed E-state index contributed by atoms with van der Waals surface area (Å²) in [5.41, 5.74) is 3.48. The number of fused-ring (bicyclic) bond motifs is 1. The maximum absolute atomic E-state index is 12.9. The topological polar surface area (TPSA) is 107 Å². The lowest BCUT2D eigenvalue weighted by molar-refractivity contribution is 0.0842. The lowest BCUT2D eigenvalue weighted by Crippen LogP contribution is -2.22. The number of aromatic hydroxyl groups is 3. The summed E-state index contributed by atoms with van der Waals surface area (Å²) in [6, 6.07) is 6.06. The van der Waals surface area contributed by atoms with Gasteiger partial charge >= 0.3 is 0 Å². The highest BCUT2D eigenvalue weighted by Crippen LogP contribution is 2.45. The molecule has 6 heteroatoms. The second-order valence-corrected chi connectivity index (χ2v) is 8.33. The first-order chi connectivity index (χ1) is 14.6. The summed E-state index contributed by atoms with van der Waals surface area (Å²) in [6.45, 7) is 7.42. The van der Waals surface area contributed by atoms with E-state index in [1.807, 2.05) is 19.9 Å². The number of carbonyl (C=O) groups excluding carboxylic acids is 1. The van der Waals surface area contributed by atoms with Crippen LogP contribution < -0.4 is 4.74 Å². The van der Waals surface area contributed by atoms with E-state index in [0.29, 0.717) is 23.1 Å². The molecule has 0 bridgehead atoms. The third-order valence-electron chi connectivity index (χ3n) is 5.37. The molecule has 31 heavy (non-hydrogen) atoms. The minimum atomic E-state index is -0.653. The number of rotatable bonds is 5. The van der Waals surface area contributed by atoms with Gasteiger partial charge < -0.3 is 25.2 Å². The number of allylic oxidation sites excluding steroid dienone is 4. The highest BCUT2D eigenvalue weighted by Gasteiger charge is 2.33. The van der Waals surface area contributed by atoms with Gasteiger partial charge in [-0.1, -0.05) is 17.7 Å². The number of hydrogen-bond donors (Lipinski definition) is 4. The Kier molecular flexibility index (Phi) is 6.29. The number of phenolic OH excluding ortho intramolecular Hbond substituents is 3. The first-order valence-corrected chi connectivity index (χ1v) is 10.2. The third kappa shape index (κ3) is 4.68. The average Bonchev–Trinajstić information content (AvgIpc) is 2.68. The summed E-state index contributed by atoms with van der Waals surface area (Å²) >= 11 is 0. The zero-order chi connectivity index (χ0) is 22.9. The van der Waals surface area contributed by atoms with Crippen LogP contribution in [0.5, 0.6) is 23.0 Å². The van der Waals surface area contributed by atoms with E-state index in [-0.39, 0.29) is 52.9 Å². The van der Waals surface area contributed by atoms with Crippen LogP contribution >= 0.6 is 0 Å². The van der Waals surface area contributed by atoms with Crippen molar-refractivity contribution in [2.45, 2.75) is 53.1 Å². The van der Waals surface area contributed by atoms with Crippen LogP contribution in [0.4, 0.5) is 0 Å².